The Morgan fingerprint density at radius 1 is 1.28 bits per heavy atom. The van der Waals surface area contributed by atoms with E-state index >= 15 is 0 Å². The molecule has 3 rings (SSSR count). The zero-order valence-electron chi connectivity index (χ0n) is 9.11. The smallest absolute Gasteiger partial charge is 0.343 e. The van der Waals surface area contributed by atoms with Crippen molar-refractivity contribution in [1.29, 1.82) is 0 Å². The molecule has 0 radical (unpaired) electrons. The van der Waals surface area contributed by atoms with Crippen molar-refractivity contribution in [1.82, 2.24) is 10.2 Å². The number of aromatic nitrogens is 3. The van der Waals surface area contributed by atoms with E-state index in [-0.39, 0.29) is 0 Å². The number of hydrogen-bond donors (Lipinski definition) is 0. The number of benzene rings is 1. The Kier molecular flexibility index (Phi) is 2.26. The largest absolute Gasteiger partial charge is 0.490 e. The lowest BCUT2D eigenvalue weighted by atomic mass is 10.1. The number of carbonyl (C=O) groups is 1. The van der Waals surface area contributed by atoms with E-state index in [1.54, 1.807) is 30.3 Å². The first-order chi connectivity index (χ1) is 8.77. The average molecular weight is 241 g/mol. The van der Waals surface area contributed by atoms with Crippen molar-refractivity contribution in [2.45, 2.75) is 0 Å². The molecule has 0 bridgehead atoms. The van der Waals surface area contributed by atoms with Crippen molar-refractivity contribution in [3.63, 3.8) is 0 Å². The molecule has 2 aromatic heterocycles. The highest BCUT2D eigenvalue weighted by Crippen LogP contribution is 2.24. The van der Waals surface area contributed by atoms with Crippen molar-refractivity contribution in [3.05, 3.63) is 42.9 Å². The number of fused-ring (bicyclic) bond motifs is 1. The quantitative estimate of drug-likeness (QED) is 0.575. The topological polar surface area (TPSA) is 82.9 Å². The molecule has 0 fully saturated rings. The third-order valence-electron chi connectivity index (χ3n) is 2.63. The summed E-state index contributed by atoms with van der Waals surface area (Å²) < 4.78 is 6.17. The monoisotopic (exact) mass is 241 g/mol. The van der Waals surface area contributed by atoms with Crippen LogP contribution in [0.4, 0.5) is 4.79 Å². The van der Waals surface area contributed by atoms with Gasteiger partial charge in [-0.1, -0.05) is 6.07 Å². The van der Waals surface area contributed by atoms with E-state index < -0.39 is 6.09 Å². The van der Waals surface area contributed by atoms with E-state index in [9.17, 15) is 9.90 Å². The molecule has 0 aliphatic heterocycles. The van der Waals surface area contributed by atoms with Gasteiger partial charge in [-0.15, -0.1) is 14.8 Å². The minimum atomic E-state index is -1.29. The average Bonchev–Trinajstić information content (AvgIpc) is 2.91. The van der Waals surface area contributed by atoms with Gasteiger partial charge in [0.2, 0.25) is 17.8 Å². The predicted octanol–water partition coefficient (Wildman–Crippen LogP) is 0.369. The van der Waals surface area contributed by atoms with Gasteiger partial charge in [-0.05, 0) is 12.1 Å². The van der Waals surface area contributed by atoms with Crippen LogP contribution >= 0.6 is 0 Å². The van der Waals surface area contributed by atoms with Gasteiger partial charge in [0, 0.05) is 12.1 Å². The molecule has 0 N–H and O–H groups in total. The van der Waals surface area contributed by atoms with Crippen molar-refractivity contribution >= 4 is 17.0 Å². The SMILES string of the molecule is O=C([O-])[n+]1cccc2c(-c3nnco3)cccc21. The van der Waals surface area contributed by atoms with Crippen molar-refractivity contribution < 1.29 is 18.9 Å². The molecular weight excluding hydrogens is 234 g/mol. The maximum atomic E-state index is 11.0. The van der Waals surface area contributed by atoms with Gasteiger partial charge in [-0.25, -0.2) is 0 Å². The number of hydrogen-bond acceptors (Lipinski definition) is 5. The van der Waals surface area contributed by atoms with Crippen LogP contribution in [-0.4, -0.2) is 16.3 Å². The maximum absolute atomic E-state index is 11.0. The van der Waals surface area contributed by atoms with Crippen LogP contribution in [0.25, 0.3) is 22.4 Å². The molecule has 0 saturated carbocycles. The Morgan fingerprint density at radius 3 is 2.89 bits per heavy atom. The maximum Gasteiger partial charge on any atom is 0.343 e. The fourth-order valence-electron chi connectivity index (χ4n) is 1.88. The summed E-state index contributed by atoms with van der Waals surface area (Å²) in [5, 5.41) is 19.1. The molecule has 0 atom stereocenters. The van der Waals surface area contributed by atoms with E-state index in [0.29, 0.717) is 22.4 Å². The first-order valence-electron chi connectivity index (χ1n) is 5.18. The molecule has 6 heteroatoms. The van der Waals surface area contributed by atoms with Crippen LogP contribution < -0.4 is 9.67 Å². The van der Waals surface area contributed by atoms with Gasteiger partial charge in [0.1, 0.15) is 0 Å². The van der Waals surface area contributed by atoms with Gasteiger partial charge in [-0.2, -0.15) is 0 Å². The lowest BCUT2D eigenvalue weighted by molar-refractivity contribution is -0.608. The van der Waals surface area contributed by atoms with Crippen LogP contribution in [-0.2, 0) is 0 Å². The minimum absolute atomic E-state index is 0.344. The molecule has 2 heterocycles. The molecule has 0 spiro atoms. The highest BCUT2D eigenvalue weighted by Gasteiger charge is 2.15. The van der Waals surface area contributed by atoms with Gasteiger partial charge >= 0.3 is 6.09 Å². The highest BCUT2D eigenvalue weighted by molar-refractivity contribution is 5.91. The summed E-state index contributed by atoms with van der Waals surface area (Å²) >= 11 is 0. The Labute approximate surface area is 101 Å². The van der Waals surface area contributed by atoms with Crippen LogP contribution in [0.3, 0.4) is 0 Å². The molecule has 3 aromatic rings. The molecule has 0 amide bonds. The van der Waals surface area contributed by atoms with Gasteiger partial charge in [-0.3, -0.25) is 0 Å². The summed E-state index contributed by atoms with van der Waals surface area (Å²) in [5.41, 5.74) is 1.19. The van der Waals surface area contributed by atoms with E-state index in [0.717, 1.165) is 4.57 Å². The molecule has 18 heavy (non-hydrogen) atoms. The Bertz CT molecular complexity index is 723. The predicted molar refractivity (Wildman–Crippen MR) is 58.2 cm³/mol. The lowest BCUT2D eigenvalue weighted by Crippen LogP contribution is -2.52. The Hall–Kier alpha value is -2.76. The zero-order chi connectivity index (χ0) is 12.5. The summed E-state index contributed by atoms with van der Waals surface area (Å²) in [5.74, 6) is 0.344. The van der Waals surface area contributed by atoms with Gasteiger partial charge in [0.15, 0.2) is 6.20 Å². The normalized spacial score (nSPS) is 10.7. The third-order valence-corrected chi connectivity index (χ3v) is 2.63. The highest BCUT2D eigenvalue weighted by atomic mass is 16.4. The van der Waals surface area contributed by atoms with Crippen LogP contribution in [0.1, 0.15) is 0 Å². The molecule has 88 valence electrons. The molecule has 0 aliphatic carbocycles. The third kappa shape index (κ3) is 1.51. The summed E-state index contributed by atoms with van der Waals surface area (Å²) in [7, 11) is 0. The first-order valence-corrected chi connectivity index (χ1v) is 5.18. The minimum Gasteiger partial charge on any atom is -0.490 e. The summed E-state index contributed by atoms with van der Waals surface area (Å²) in [6, 6.07) is 8.61. The standard InChI is InChI=1S/C12H7N3O3/c16-12(17)15-6-2-4-8-9(3-1-5-10(8)15)11-14-13-7-18-11/h1-7H. The fourth-order valence-corrected chi connectivity index (χ4v) is 1.88. The molecule has 6 nitrogen and oxygen atoms in total. The van der Waals surface area contributed by atoms with Crippen LogP contribution in [0.2, 0.25) is 0 Å². The van der Waals surface area contributed by atoms with Crippen LogP contribution in [0.5, 0.6) is 0 Å². The van der Waals surface area contributed by atoms with Crippen molar-refractivity contribution in [3.8, 4) is 11.5 Å². The summed E-state index contributed by atoms with van der Waals surface area (Å²) in [6.07, 6.45) is 1.36. The van der Waals surface area contributed by atoms with Crippen LogP contribution in [0.15, 0.2) is 47.3 Å². The second kappa shape index (κ2) is 3.92. The van der Waals surface area contributed by atoms with Crippen molar-refractivity contribution in [2.24, 2.45) is 0 Å². The molecule has 0 aliphatic rings. The first kappa shape index (κ1) is 10.4. The van der Waals surface area contributed by atoms with Gasteiger partial charge in [0.25, 0.3) is 0 Å². The molecule has 1 aromatic carbocycles. The molecular formula is C12H7N3O3. The number of nitrogens with zero attached hydrogens (tertiary/aromatic N) is 3. The number of carbonyl (C=O) groups excluding carboxylic acids is 1. The number of rotatable bonds is 1. The second-order valence-electron chi connectivity index (χ2n) is 3.63. The van der Waals surface area contributed by atoms with E-state index in [1.807, 2.05) is 0 Å². The van der Waals surface area contributed by atoms with Crippen LogP contribution in [0, 0.1) is 0 Å². The lowest BCUT2D eigenvalue weighted by Gasteiger charge is -2.02. The Balaban J connectivity index is 2.36. The summed E-state index contributed by atoms with van der Waals surface area (Å²) in [4.78, 5) is 11.0. The van der Waals surface area contributed by atoms with Gasteiger partial charge < -0.3 is 14.3 Å². The number of pyridine rings is 1. The molecule has 0 saturated heterocycles. The fraction of sp³-hybridized carbons (Fsp3) is 0. The van der Waals surface area contributed by atoms with E-state index in [1.165, 1.54) is 12.6 Å². The van der Waals surface area contributed by atoms with E-state index in [2.05, 4.69) is 10.2 Å². The Morgan fingerprint density at radius 2 is 2.17 bits per heavy atom. The second-order valence-corrected chi connectivity index (χ2v) is 3.63. The number of carboxylic acid groups (broad SMARTS) is 1. The molecule has 0 unspecified atom stereocenters. The van der Waals surface area contributed by atoms with Gasteiger partial charge in [0.05, 0.1) is 10.9 Å². The van der Waals surface area contributed by atoms with Crippen molar-refractivity contribution in [2.75, 3.05) is 0 Å². The zero-order valence-corrected chi connectivity index (χ0v) is 9.11. The van der Waals surface area contributed by atoms with E-state index in [4.69, 9.17) is 4.42 Å². The summed E-state index contributed by atoms with van der Waals surface area (Å²) in [6.45, 7) is 0.